The van der Waals surface area contributed by atoms with Gasteiger partial charge in [0.05, 0.1) is 11.6 Å². The number of carbonyl (C=O) groups excluding carboxylic acids is 2. The van der Waals surface area contributed by atoms with E-state index in [9.17, 15) is 14.7 Å². The van der Waals surface area contributed by atoms with Crippen LogP contribution < -0.4 is 10.1 Å². The maximum atomic E-state index is 13.0. The van der Waals surface area contributed by atoms with Gasteiger partial charge in [0, 0.05) is 40.8 Å². The van der Waals surface area contributed by atoms with Gasteiger partial charge in [-0.25, -0.2) is 0 Å². The van der Waals surface area contributed by atoms with Crippen molar-refractivity contribution < 1.29 is 19.4 Å². The molecule has 0 spiro atoms. The minimum atomic E-state index is -0.337. The lowest BCUT2D eigenvalue weighted by Gasteiger charge is -2.34. The highest BCUT2D eigenvalue weighted by Gasteiger charge is 2.38. The molecule has 1 aliphatic heterocycles. The predicted molar refractivity (Wildman–Crippen MR) is 106 cm³/mol. The van der Waals surface area contributed by atoms with Crippen LogP contribution in [0.15, 0.2) is 45.4 Å². The lowest BCUT2D eigenvalue weighted by molar-refractivity contribution is -0.122. The summed E-state index contributed by atoms with van der Waals surface area (Å²) in [6.07, 6.45) is 1.30. The van der Waals surface area contributed by atoms with Crippen LogP contribution in [0.25, 0.3) is 0 Å². The first-order chi connectivity index (χ1) is 13.0. The van der Waals surface area contributed by atoms with E-state index in [2.05, 4.69) is 21.2 Å². The van der Waals surface area contributed by atoms with E-state index in [1.165, 1.54) is 12.0 Å². The van der Waals surface area contributed by atoms with Crippen LogP contribution in [0.1, 0.15) is 41.5 Å². The number of benzene rings is 1. The summed E-state index contributed by atoms with van der Waals surface area (Å²) >= 11 is 4.97. The lowest BCUT2D eigenvalue weighted by atomic mass is 9.74. The average Bonchev–Trinajstić information content (AvgIpc) is 3.17. The minimum absolute atomic E-state index is 0.00319. The Labute approximate surface area is 169 Å². The number of phenols is 1. The van der Waals surface area contributed by atoms with Crippen molar-refractivity contribution in [2.24, 2.45) is 0 Å². The third-order valence-corrected chi connectivity index (χ3v) is 6.79. The number of methoxy groups -OCH3 is 1. The van der Waals surface area contributed by atoms with Crippen LogP contribution in [0, 0.1) is 0 Å². The number of nitrogens with one attached hydrogen (secondary N) is 1. The molecule has 1 amide bonds. The van der Waals surface area contributed by atoms with E-state index < -0.39 is 0 Å². The highest BCUT2D eigenvalue weighted by atomic mass is 79.9. The summed E-state index contributed by atoms with van der Waals surface area (Å²) < 4.78 is 5.71. The molecule has 0 fully saturated rings. The molecule has 0 bridgehead atoms. The van der Waals surface area contributed by atoms with Crippen molar-refractivity contribution in [2.75, 3.05) is 7.11 Å². The molecule has 27 heavy (non-hydrogen) atoms. The van der Waals surface area contributed by atoms with Gasteiger partial charge in [0.1, 0.15) is 0 Å². The molecule has 2 heterocycles. The van der Waals surface area contributed by atoms with Gasteiger partial charge in [-0.2, -0.15) is 0 Å². The van der Waals surface area contributed by atoms with Crippen LogP contribution in [0.5, 0.6) is 11.5 Å². The molecule has 7 heteroatoms. The van der Waals surface area contributed by atoms with Crippen LogP contribution in [-0.4, -0.2) is 23.9 Å². The summed E-state index contributed by atoms with van der Waals surface area (Å²) in [5.74, 6) is 0.0627. The highest BCUT2D eigenvalue weighted by Crippen LogP contribution is 2.46. The maximum absolute atomic E-state index is 13.0. The second-order valence-electron chi connectivity index (χ2n) is 6.79. The minimum Gasteiger partial charge on any atom is -0.503 e. The van der Waals surface area contributed by atoms with Gasteiger partial charge in [-0.1, -0.05) is 6.07 Å². The Balaban J connectivity index is 1.76. The molecule has 0 radical (unpaired) electrons. The molecule has 140 valence electrons. The molecule has 2 N–H and O–H groups in total. The monoisotopic (exact) mass is 447 g/mol. The molecule has 0 saturated carbocycles. The number of amides is 1. The van der Waals surface area contributed by atoms with Gasteiger partial charge in [-0.05, 0) is 51.5 Å². The number of ketones is 1. The van der Waals surface area contributed by atoms with Crippen LogP contribution in [0.2, 0.25) is 0 Å². The molecule has 1 aromatic heterocycles. The fraction of sp³-hybridized carbons (Fsp3) is 0.300. The molecule has 2 aromatic rings. The zero-order valence-corrected chi connectivity index (χ0v) is 17.0. The zero-order valence-electron chi connectivity index (χ0n) is 14.6. The van der Waals surface area contributed by atoms with E-state index >= 15 is 0 Å². The summed E-state index contributed by atoms with van der Waals surface area (Å²) in [7, 11) is 1.47. The quantitative estimate of drug-likeness (QED) is 0.737. The number of halogens is 1. The Morgan fingerprint density at radius 3 is 2.78 bits per heavy atom. The van der Waals surface area contributed by atoms with Gasteiger partial charge in [-0.3, -0.25) is 9.59 Å². The molecule has 2 aliphatic rings. The second-order valence-corrected chi connectivity index (χ2v) is 8.63. The number of carbonyl (C=O) groups is 2. The molecule has 4 rings (SSSR count). The number of rotatable bonds is 3. The van der Waals surface area contributed by atoms with Crippen LogP contribution >= 0.6 is 27.3 Å². The zero-order chi connectivity index (χ0) is 19.1. The fourth-order valence-electron chi connectivity index (χ4n) is 3.92. The number of ether oxygens (including phenoxy) is 1. The Morgan fingerprint density at radius 2 is 2.07 bits per heavy atom. The number of aromatic hydroxyl groups is 1. The second kappa shape index (κ2) is 7.13. The van der Waals surface area contributed by atoms with Gasteiger partial charge in [0.2, 0.25) is 5.91 Å². The van der Waals surface area contributed by atoms with Crippen LogP contribution in [0.3, 0.4) is 0 Å². The topological polar surface area (TPSA) is 75.6 Å². The highest BCUT2D eigenvalue weighted by molar-refractivity contribution is 9.10. The standard InChI is InChI=1S/C20H18BrNO4S/c1-26-16-8-10(5-13(21)20(16)25)12-9-18(24)22-14-6-11(7-15(23)19(12)14)17-3-2-4-27-17/h2-5,8,11-12,25H,6-7,9H2,1H3,(H,22,24)/t11-,12+/m1/s1. The van der Waals surface area contributed by atoms with Crippen molar-refractivity contribution >= 4 is 39.0 Å². The van der Waals surface area contributed by atoms with Gasteiger partial charge in [-0.15, -0.1) is 11.3 Å². The first-order valence-corrected chi connectivity index (χ1v) is 10.3. The number of phenolic OH excluding ortho intramolecular Hbond substituents is 1. The maximum Gasteiger partial charge on any atom is 0.225 e. The summed E-state index contributed by atoms with van der Waals surface area (Å²) in [5, 5.41) is 15.0. The van der Waals surface area contributed by atoms with Gasteiger partial charge >= 0.3 is 0 Å². The summed E-state index contributed by atoms with van der Waals surface area (Å²) in [5.41, 5.74) is 2.19. The number of thiophene rings is 1. The Bertz CT molecular complexity index is 951. The van der Waals surface area contributed by atoms with Gasteiger partial charge in [0.25, 0.3) is 0 Å². The van der Waals surface area contributed by atoms with Crippen molar-refractivity contribution in [2.45, 2.75) is 31.1 Å². The van der Waals surface area contributed by atoms with Crippen LogP contribution in [-0.2, 0) is 9.59 Å². The van der Waals surface area contributed by atoms with Gasteiger partial charge < -0.3 is 15.2 Å². The first kappa shape index (κ1) is 18.3. The van der Waals surface area contributed by atoms with Crippen molar-refractivity contribution in [1.82, 2.24) is 5.32 Å². The van der Waals surface area contributed by atoms with Crippen molar-refractivity contribution in [3.63, 3.8) is 0 Å². The number of Topliss-reactive ketones (excluding diaryl/α,β-unsaturated/α-hetero) is 1. The summed E-state index contributed by atoms with van der Waals surface area (Å²) in [6, 6.07) is 7.48. The molecular formula is C20H18BrNO4S. The largest absolute Gasteiger partial charge is 0.503 e. The van der Waals surface area contributed by atoms with Crippen molar-refractivity contribution in [3.05, 3.63) is 55.8 Å². The van der Waals surface area contributed by atoms with Crippen molar-refractivity contribution in [3.8, 4) is 11.5 Å². The molecule has 1 aromatic carbocycles. The third-order valence-electron chi connectivity index (χ3n) is 5.15. The fourth-order valence-corrected chi connectivity index (χ4v) is 5.21. The van der Waals surface area contributed by atoms with E-state index in [0.717, 1.165) is 11.3 Å². The van der Waals surface area contributed by atoms with E-state index in [1.807, 2.05) is 17.5 Å². The SMILES string of the molecule is COc1cc([C@@H]2CC(=O)NC3=C2C(=O)C[C@H](c2cccs2)C3)cc(Br)c1O. The number of hydrogen-bond acceptors (Lipinski definition) is 5. The molecule has 1 aliphatic carbocycles. The first-order valence-electron chi connectivity index (χ1n) is 8.63. The molecule has 5 nitrogen and oxygen atoms in total. The summed E-state index contributed by atoms with van der Waals surface area (Å²) in [6.45, 7) is 0. The Morgan fingerprint density at radius 1 is 1.26 bits per heavy atom. The third kappa shape index (κ3) is 3.30. The number of hydrogen-bond donors (Lipinski definition) is 2. The van der Waals surface area contributed by atoms with E-state index in [-0.39, 0.29) is 35.7 Å². The molecule has 0 unspecified atom stereocenters. The lowest BCUT2D eigenvalue weighted by Crippen LogP contribution is -2.38. The normalized spacial score (nSPS) is 22.4. The average molecular weight is 448 g/mol. The molecule has 0 saturated heterocycles. The predicted octanol–water partition coefficient (Wildman–Crippen LogP) is 4.23. The van der Waals surface area contributed by atoms with E-state index in [1.54, 1.807) is 23.5 Å². The van der Waals surface area contributed by atoms with Crippen LogP contribution in [0.4, 0.5) is 0 Å². The van der Waals surface area contributed by atoms with E-state index in [4.69, 9.17) is 4.74 Å². The Kier molecular flexibility index (Phi) is 4.82. The Hall–Kier alpha value is -2.12. The smallest absolute Gasteiger partial charge is 0.225 e. The molecular weight excluding hydrogens is 430 g/mol. The van der Waals surface area contributed by atoms with Crippen molar-refractivity contribution in [1.29, 1.82) is 0 Å². The summed E-state index contributed by atoms with van der Waals surface area (Å²) in [4.78, 5) is 26.6. The number of allylic oxidation sites excluding steroid dienone is 2. The molecule has 2 atom stereocenters. The van der Waals surface area contributed by atoms with Gasteiger partial charge in [0.15, 0.2) is 17.3 Å². The van der Waals surface area contributed by atoms with E-state index in [0.29, 0.717) is 28.6 Å².